The highest BCUT2D eigenvalue weighted by Gasteiger charge is 2.50. The van der Waals surface area contributed by atoms with Gasteiger partial charge in [0.1, 0.15) is 0 Å². The van der Waals surface area contributed by atoms with Crippen LogP contribution in [0.15, 0.2) is 18.2 Å². The first-order valence-corrected chi connectivity index (χ1v) is 7.76. The molecular weight excluding hydrogens is 250 g/mol. The van der Waals surface area contributed by atoms with E-state index in [1.54, 1.807) is 0 Å². The summed E-state index contributed by atoms with van der Waals surface area (Å²) >= 11 is 0. The van der Waals surface area contributed by atoms with E-state index in [1.807, 2.05) is 0 Å². The smallest absolute Gasteiger partial charge is 0.161 e. The number of nitrogens with one attached hydrogen (secondary N) is 1. The van der Waals surface area contributed by atoms with Crippen LogP contribution in [-0.2, 0) is 0 Å². The SMILES string of the molecule is CCC1(C)C(NC)CC1c1ccc2c(c1)OCCCO2. The average molecular weight is 275 g/mol. The van der Waals surface area contributed by atoms with Crippen LogP contribution in [0, 0.1) is 5.41 Å². The summed E-state index contributed by atoms with van der Waals surface area (Å²) in [6, 6.07) is 7.12. The van der Waals surface area contributed by atoms with Gasteiger partial charge < -0.3 is 14.8 Å². The van der Waals surface area contributed by atoms with Gasteiger partial charge in [-0.05, 0) is 48.9 Å². The van der Waals surface area contributed by atoms with Gasteiger partial charge in [-0.15, -0.1) is 0 Å². The van der Waals surface area contributed by atoms with Crippen molar-refractivity contribution in [2.75, 3.05) is 20.3 Å². The van der Waals surface area contributed by atoms with Crippen LogP contribution in [0.2, 0.25) is 0 Å². The summed E-state index contributed by atoms with van der Waals surface area (Å²) in [5, 5.41) is 3.46. The monoisotopic (exact) mass is 275 g/mol. The second-order valence-corrected chi connectivity index (χ2v) is 6.25. The van der Waals surface area contributed by atoms with Gasteiger partial charge in [0.2, 0.25) is 0 Å². The highest BCUT2D eigenvalue weighted by atomic mass is 16.5. The highest BCUT2D eigenvalue weighted by molar-refractivity contribution is 5.45. The van der Waals surface area contributed by atoms with Crippen molar-refractivity contribution in [3.8, 4) is 11.5 Å². The molecule has 20 heavy (non-hydrogen) atoms. The quantitative estimate of drug-likeness (QED) is 0.917. The molecule has 1 aromatic rings. The molecule has 1 saturated carbocycles. The summed E-state index contributed by atoms with van der Waals surface area (Å²) in [6.45, 7) is 6.19. The van der Waals surface area contributed by atoms with Crippen molar-refractivity contribution >= 4 is 0 Å². The fraction of sp³-hybridized carbons (Fsp3) is 0.647. The maximum Gasteiger partial charge on any atom is 0.161 e. The lowest BCUT2D eigenvalue weighted by atomic mass is 9.54. The molecule has 0 amide bonds. The number of fused-ring (bicyclic) bond motifs is 1. The van der Waals surface area contributed by atoms with Crippen molar-refractivity contribution in [3.05, 3.63) is 23.8 Å². The van der Waals surface area contributed by atoms with Crippen molar-refractivity contribution in [1.82, 2.24) is 5.32 Å². The summed E-state index contributed by atoms with van der Waals surface area (Å²) in [4.78, 5) is 0. The van der Waals surface area contributed by atoms with Crippen molar-refractivity contribution in [1.29, 1.82) is 0 Å². The third-order valence-corrected chi connectivity index (χ3v) is 5.35. The van der Waals surface area contributed by atoms with E-state index >= 15 is 0 Å². The number of hydrogen-bond donors (Lipinski definition) is 1. The van der Waals surface area contributed by atoms with Crippen molar-refractivity contribution in [2.24, 2.45) is 5.41 Å². The minimum absolute atomic E-state index is 0.342. The Hall–Kier alpha value is -1.22. The Morgan fingerprint density at radius 3 is 2.70 bits per heavy atom. The minimum atomic E-state index is 0.342. The van der Waals surface area contributed by atoms with Gasteiger partial charge in [0.05, 0.1) is 13.2 Å². The summed E-state index contributed by atoms with van der Waals surface area (Å²) in [7, 11) is 2.07. The van der Waals surface area contributed by atoms with Gasteiger partial charge in [-0.1, -0.05) is 19.9 Å². The molecule has 1 heterocycles. The molecule has 0 radical (unpaired) electrons. The fourth-order valence-corrected chi connectivity index (χ4v) is 3.71. The first kappa shape index (κ1) is 13.7. The lowest BCUT2D eigenvalue weighted by Gasteiger charge is -2.54. The van der Waals surface area contributed by atoms with E-state index in [2.05, 4.69) is 44.4 Å². The van der Waals surface area contributed by atoms with Gasteiger partial charge in [-0.3, -0.25) is 0 Å². The first-order valence-electron chi connectivity index (χ1n) is 7.76. The Kier molecular flexibility index (Phi) is 3.63. The van der Waals surface area contributed by atoms with Crippen LogP contribution in [0.3, 0.4) is 0 Å². The van der Waals surface area contributed by atoms with Gasteiger partial charge in [-0.2, -0.15) is 0 Å². The second-order valence-electron chi connectivity index (χ2n) is 6.25. The number of ether oxygens (including phenoxy) is 2. The predicted molar refractivity (Wildman–Crippen MR) is 80.7 cm³/mol. The molecular formula is C17H25NO2. The summed E-state index contributed by atoms with van der Waals surface area (Å²) in [5.74, 6) is 2.43. The normalized spacial score (nSPS) is 32.4. The molecule has 1 aliphatic carbocycles. The molecule has 2 aliphatic rings. The largest absolute Gasteiger partial charge is 0.490 e. The summed E-state index contributed by atoms with van der Waals surface area (Å²) in [6.07, 6.45) is 3.36. The number of benzene rings is 1. The zero-order valence-corrected chi connectivity index (χ0v) is 12.7. The van der Waals surface area contributed by atoms with E-state index in [9.17, 15) is 0 Å². The van der Waals surface area contributed by atoms with E-state index in [4.69, 9.17) is 9.47 Å². The molecule has 1 N–H and O–H groups in total. The Balaban J connectivity index is 1.86. The van der Waals surface area contributed by atoms with Crippen molar-refractivity contribution in [2.45, 2.75) is 45.1 Å². The third kappa shape index (κ3) is 2.08. The molecule has 3 atom stereocenters. The summed E-state index contributed by atoms with van der Waals surface area (Å²) in [5.41, 5.74) is 1.74. The second kappa shape index (κ2) is 5.28. The van der Waals surface area contributed by atoms with E-state index in [1.165, 1.54) is 18.4 Å². The topological polar surface area (TPSA) is 30.5 Å². The number of rotatable bonds is 3. The molecule has 1 aromatic carbocycles. The zero-order valence-electron chi connectivity index (χ0n) is 12.7. The third-order valence-electron chi connectivity index (χ3n) is 5.35. The Bertz CT molecular complexity index is 488. The van der Waals surface area contributed by atoms with E-state index < -0.39 is 0 Å². The molecule has 3 unspecified atom stereocenters. The maximum absolute atomic E-state index is 5.82. The molecule has 3 rings (SSSR count). The highest BCUT2D eigenvalue weighted by Crippen LogP contribution is 2.55. The molecule has 3 nitrogen and oxygen atoms in total. The van der Waals surface area contributed by atoms with Crippen LogP contribution in [0.5, 0.6) is 11.5 Å². The van der Waals surface area contributed by atoms with Gasteiger partial charge >= 0.3 is 0 Å². The average Bonchev–Trinajstić information content (AvgIpc) is 2.70. The predicted octanol–water partition coefficient (Wildman–Crippen LogP) is 3.34. The van der Waals surface area contributed by atoms with E-state index in [0.717, 1.165) is 31.1 Å². The Labute approximate surface area is 121 Å². The van der Waals surface area contributed by atoms with Crippen LogP contribution in [0.1, 0.15) is 44.6 Å². The van der Waals surface area contributed by atoms with Crippen molar-refractivity contribution in [3.63, 3.8) is 0 Å². The molecule has 1 fully saturated rings. The van der Waals surface area contributed by atoms with Crippen LogP contribution in [-0.4, -0.2) is 26.3 Å². The molecule has 0 bridgehead atoms. The fourth-order valence-electron chi connectivity index (χ4n) is 3.71. The molecule has 1 aliphatic heterocycles. The van der Waals surface area contributed by atoms with Crippen LogP contribution in [0.25, 0.3) is 0 Å². The van der Waals surface area contributed by atoms with Gasteiger partial charge in [0.25, 0.3) is 0 Å². The van der Waals surface area contributed by atoms with Gasteiger partial charge in [0, 0.05) is 12.5 Å². The van der Waals surface area contributed by atoms with Crippen LogP contribution < -0.4 is 14.8 Å². The zero-order chi connectivity index (χ0) is 14.2. The standard InChI is InChI=1S/C17H25NO2/c1-4-17(2)13(11-16(17)18-3)12-6-7-14-15(10-12)20-9-5-8-19-14/h6-7,10,13,16,18H,4-5,8-9,11H2,1-3H3. The van der Waals surface area contributed by atoms with Crippen molar-refractivity contribution < 1.29 is 9.47 Å². The van der Waals surface area contributed by atoms with Gasteiger partial charge in [-0.25, -0.2) is 0 Å². The lowest BCUT2D eigenvalue weighted by Crippen LogP contribution is -2.55. The van der Waals surface area contributed by atoms with Crippen LogP contribution in [0.4, 0.5) is 0 Å². The minimum Gasteiger partial charge on any atom is -0.490 e. The van der Waals surface area contributed by atoms with Crippen LogP contribution >= 0.6 is 0 Å². The summed E-state index contributed by atoms with van der Waals surface area (Å²) < 4.78 is 11.5. The first-order chi connectivity index (χ1) is 9.69. The molecule has 0 spiro atoms. The van der Waals surface area contributed by atoms with E-state index in [-0.39, 0.29) is 0 Å². The number of hydrogen-bond acceptors (Lipinski definition) is 3. The lowest BCUT2D eigenvalue weighted by molar-refractivity contribution is 0.0493. The Morgan fingerprint density at radius 2 is 2.00 bits per heavy atom. The molecule has 110 valence electrons. The Morgan fingerprint density at radius 1 is 1.25 bits per heavy atom. The van der Waals surface area contributed by atoms with Gasteiger partial charge in [0.15, 0.2) is 11.5 Å². The van der Waals surface area contributed by atoms with E-state index in [0.29, 0.717) is 17.4 Å². The molecule has 0 aromatic heterocycles. The molecule has 0 saturated heterocycles. The molecule has 3 heteroatoms. The maximum atomic E-state index is 5.82.